The molecule has 44 heavy (non-hydrogen) atoms. The summed E-state index contributed by atoms with van der Waals surface area (Å²) in [6.07, 6.45) is -4.20. The number of aromatic nitrogens is 8. The number of hydrogen-bond donors (Lipinski definition) is 7. The van der Waals surface area contributed by atoms with Crippen molar-refractivity contribution in [2.24, 2.45) is 5.11 Å². The Morgan fingerprint density at radius 2 is 1.98 bits per heavy atom. The van der Waals surface area contributed by atoms with E-state index in [-0.39, 0.29) is 28.3 Å². The topological polar surface area (TPSA) is 337 Å². The monoisotopic (exact) mass is 638 g/mol. The zero-order valence-corrected chi connectivity index (χ0v) is 22.9. The van der Waals surface area contributed by atoms with Gasteiger partial charge in [-0.2, -0.15) is 4.98 Å². The summed E-state index contributed by atoms with van der Waals surface area (Å²) < 4.78 is 36.9. The summed E-state index contributed by atoms with van der Waals surface area (Å²) >= 11 is 0. The maximum absolute atomic E-state index is 13.1. The van der Waals surface area contributed by atoms with Gasteiger partial charge in [-0.25, -0.2) is 19.5 Å². The van der Waals surface area contributed by atoms with Gasteiger partial charge in [0.05, 0.1) is 50.9 Å². The first kappa shape index (κ1) is 29.8. The van der Waals surface area contributed by atoms with Crippen LogP contribution in [0.25, 0.3) is 32.8 Å². The van der Waals surface area contributed by atoms with Crippen molar-refractivity contribution in [3.63, 3.8) is 0 Å². The molecule has 4 aromatic rings. The predicted molar refractivity (Wildman–Crippen MR) is 141 cm³/mol. The van der Waals surface area contributed by atoms with Gasteiger partial charge in [-0.15, -0.1) is 0 Å². The zero-order chi connectivity index (χ0) is 31.4. The third-order valence-corrected chi connectivity index (χ3v) is 8.14. The molecule has 0 aromatic carbocycles. The Morgan fingerprint density at radius 3 is 2.73 bits per heavy atom. The van der Waals surface area contributed by atoms with Gasteiger partial charge in [0.1, 0.15) is 18.3 Å². The number of nitrogens with one attached hydrogen (secondary N) is 2. The molecule has 0 spiro atoms. The molecule has 2 aliphatic heterocycles. The van der Waals surface area contributed by atoms with Crippen LogP contribution < -0.4 is 16.9 Å². The Hall–Kier alpha value is -4.28. The number of aliphatic hydroxyl groups is 3. The molecular weight excluding hydrogens is 615 g/mol. The number of phosphoric ester groups is 1. The molecule has 8 atom stereocenters. The summed E-state index contributed by atoms with van der Waals surface area (Å²) in [5.74, 6) is -0.275. The molecule has 0 amide bonds. The maximum Gasteiger partial charge on any atom is 0.472 e. The molecule has 0 radical (unpaired) electrons. The van der Waals surface area contributed by atoms with Crippen LogP contribution in [0.3, 0.4) is 0 Å². The van der Waals surface area contributed by atoms with Gasteiger partial charge in [0.2, 0.25) is 5.95 Å². The van der Waals surface area contributed by atoms with Crippen molar-refractivity contribution in [2.75, 3.05) is 25.6 Å². The Balaban J connectivity index is 1.23. The Labute approximate surface area is 242 Å². The summed E-state index contributed by atoms with van der Waals surface area (Å²) in [6, 6.07) is -1.39. The number of phosphoric acid groups is 1. The van der Waals surface area contributed by atoms with E-state index in [4.69, 9.17) is 29.8 Å². The highest BCUT2D eigenvalue weighted by molar-refractivity contribution is 7.47. The summed E-state index contributed by atoms with van der Waals surface area (Å²) in [6.45, 7) is -2.05. The number of fused-ring (bicyclic) bond motifs is 2. The number of nitrogens with two attached hydrogens (primary N) is 1. The van der Waals surface area contributed by atoms with Crippen LogP contribution in [0.5, 0.6) is 0 Å². The molecule has 0 aliphatic carbocycles. The average Bonchev–Trinajstić information content (AvgIpc) is 3.74. The number of H-pyrrole nitrogens is 2. The molecule has 24 heteroatoms. The number of nitrogen functional groups attached to an aromatic ring is 1. The van der Waals surface area contributed by atoms with Crippen molar-refractivity contribution in [3.8, 4) is 0 Å². The van der Waals surface area contributed by atoms with E-state index in [1.165, 1.54) is 0 Å². The lowest BCUT2D eigenvalue weighted by Gasteiger charge is -2.28. The van der Waals surface area contributed by atoms with Crippen molar-refractivity contribution < 1.29 is 43.3 Å². The molecule has 4 aromatic heterocycles. The summed E-state index contributed by atoms with van der Waals surface area (Å²) in [5.41, 5.74) is 10.8. The van der Waals surface area contributed by atoms with E-state index < -0.39 is 81.2 Å². The Kier molecular flexibility index (Phi) is 7.45. The Morgan fingerprint density at radius 1 is 1.23 bits per heavy atom. The van der Waals surface area contributed by atoms with E-state index in [0.717, 1.165) is 28.1 Å². The van der Waals surface area contributed by atoms with Crippen molar-refractivity contribution in [2.45, 2.75) is 42.4 Å². The van der Waals surface area contributed by atoms with E-state index in [2.05, 4.69) is 39.9 Å². The largest absolute Gasteiger partial charge is 0.472 e. The smallest absolute Gasteiger partial charge is 0.394 e. The quantitative estimate of drug-likeness (QED) is 0.0424. The fraction of sp³-hybridized carbons (Fsp3) is 0.500. The zero-order valence-electron chi connectivity index (χ0n) is 22.0. The maximum atomic E-state index is 13.1. The van der Waals surface area contributed by atoms with Crippen LogP contribution in [0, 0.1) is 0 Å². The van der Waals surface area contributed by atoms with E-state index in [1.54, 1.807) is 0 Å². The van der Waals surface area contributed by atoms with E-state index in [9.17, 15) is 34.4 Å². The third kappa shape index (κ3) is 4.92. The second kappa shape index (κ2) is 11.0. The first-order valence-electron chi connectivity index (χ1n) is 12.6. The van der Waals surface area contributed by atoms with Gasteiger partial charge in [-0.1, -0.05) is 5.11 Å². The second-order valence-electron chi connectivity index (χ2n) is 9.74. The molecule has 0 saturated carbocycles. The number of rotatable bonds is 9. The number of anilines is 1. The first-order chi connectivity index (χ1) is 21.0. The lowest BCUT2D eigenvalue weighted by atomic mass is 10.1. The third-order valence-electron chi connectivity index (χ3n) is 7.15. The lowest BCUT2D eigenvalue weighted by molar-refractivity contribution is -0.110. The average molecular weight is 638 g/mol. The summed E-state index contributed by atoms with van der Waals surface area (Å²) in [4.78, 5) is 58.0. The van der Waals surface area contributed by atoms with Gasteiger partial charge in [0.25, 0.3) is 11.1 Å². The van der Waals surface area contributed by atoms with E-state index in [0.29, 0.717) is 0 Å². The van der Waals surface area contributed by atoms with Gasteiger partial charge in [0.15, 0.2) is 34.3 Å². The minimum Gasteiger partial charge on any atom is -0.394 e. The highest BCUT2D eigenvalue weighted by Gasteiger charge is 2.53. The Bertz CT molecular complexity index is 1940. The highest BCUT2D eigenvalue weighted by Crippen LogP contribution is 2.50. The van der Waals surface area contributed by atoms with E-state index >= 15 is 0 Å². The van der Waals surface area contributed by atoms with Crippen LogP contribution in [0.15, 0.2) is 33.7 Å². The minimum absolute atomic E-state index is 0.0586. The van der Waals surface area contributed by atoms with Crippen LogP contribution in [0.2, 0.25) is 0 Å². The van der Waals surface area contributed by atoms with Crippen LogP contribution in [0.4, 0.5) is 5.95 Å². The minimum atomic E-state index is -5.13. The van der Waals surface area contributed by atoms with Crippen LogP contribution >= 0.6 is 7.82 Å². The van der Waals surface area contributed by atoms with Gasteiger partial charge in [-0.3, -0.25) is 32.8 Å². The van der Waals surface area contributed by atoms with Crippen LogP contribution in [-0.2, 0) is 28.8 Å². The number of azide groups is 1. The van der Waals surface area contributed by atoms with Crippen molar-refractivity contribution in [3.05, 3.63) is 50.1 Å². The van der Waals surface area contributed by atoms with Gasteiger partial charge < -0.3 is 40.4 Å². The standard InChI is InChI=1S/C20H23N12O11P/c21-19-27-15-11(17(36)28-19)25-5-31(15)18-12(9(29-30-22)7(1-33)42-18)43-44(38,39)41-2-8-13(34)20(37,3-40-8)32-6-26-10-14(32)23-4-24-16(10)35/h4-9,12-13,18,33-34,37H,1-3H2,(H,38,39)(H,23,24,35)(H3,21,27,28,36)/t7-,8-,9?,12?,13-,18-,20?/m1/s1. The molecule has 23 nitrogen and oxygen atoms in total. The normalized spacial score (nSPS) is 30.1. The molecule has 6 rings (SSSR count). The summed E-state index contributed by atoms with van der Waals surface area (Å²) in [5, 5.41) is 35.5. The van der Waals surface area contributed by atoms with Gasteiger partial charge in [0, 0.05) is 4.91 Å². The number of nitrogens with zero attached hydrogens (tertiary/aromatic N) is 9. The molecule has 234 valence electrons. The second-order valence-corrected chi connectivity index (χ2v) is 11.2. The van der Waals surface area contributed by atoms with Crippen molar-refractivity contribution in [1.82, 2.24) is 39.0 Å². The van der Waals surface area contributed by atoms with Gasteiger partial charge >= 0.3 is 7.82 Å². The van der Waals surface area contributed by atoms with Crippen LogP contribution in [-0.4, -0.2) is 110 Å². The van der Waals surface area contributed by atoms with Crippen molar-refractivity contribution >= 4 is 36.1 Å². The molecule has 4 unspecified atom stereocenters. The highest BCUT2D eigenvalue weighted by atomic mass is 31.2. The number of aliphatic hydroxyl groups excluding tert-OH is 2. The SMILES string of the molecule is [N-]=[N+]=NC1C(OP(=O)(O)OC[C@H]2OCC(O)(n3cnc4c(=O)[nH]cnc43)[C@@H]2O)[C@H](n2cnc3c(=O)[nH]c(N)nc32)O[C@@H]1CO. The molecule has 6 heterocycles. The molecule has 2 fully saturated rings. The number of hydrogen-bond acceptors (Lipinski definition) is 16. The summed E-state index contributed by atoms with van der Waals surface area (Å²) in [7, 11) is -5.13. The number of ether oxygens (including phenoxy) is 2. The molecule has 2 saturated heterocycles. The molecular formula is C20H23N12O11P. The number of aromatic amines is 2. The molecule has 0 bridgehead atoms. The predicted octanol–water partition coefficient (Wildman–Crippen LogP) is -2.69. The lowest BCUT2D eigenvalue weighted by Crippen LogP contribution is -2.47. The first-order valence-corrected chi connectivity index (χ1v) is 14.1. The fourth-order valence-electron chi connectivity index (χ4n) is 5.07. The van der Waals surface area contributed by atoms with Crippen LogP contribution in [0.1, 0.15) is 6.23 Å². The number of imidazole rings is 2. The van der Waals surface area contributed by atoms with Gasteiger partial charge in [-0.05, 0) is 5.53 Å². The van der Waals surface area contributed by atoms with Crippen molar-refractivity contribution in [1.29, 1.82) is 0 Å². The van der Waals surface area contributed by atoms with E-state index in [1.807, 2.05) is 0 Å². The fourth-order valence-corrected chi connectivity index (χ4v) is 6.00. The molecule has 8 N–H and O–H groups in total. The molecule has 2 aliphatic rings.